The van der Waals surface area contributed by atoms with Gasteiger partial charge in [-0.3, -0.25) is 9.98 Å². The third-order valence-electron chi connectivity index (χ3n) is 8.90. The lowest BCUT2D eigenvalue weighted by Crippen LogP contribution is -2.52. The Morgan fingerprint density at radius 1 is 0.844 bits per heavy atom. The third-order valence-corrected chi connectivity index (χ3v) is 8.90. The molecule has 3 aromatic rings. The topological polar surface area (TPSA) is 28.5 Å². The molecule has 0 N–H and O–H groups in total. The first kappa shape index (κ1) is 18.8. The Labute approximate surface area is 190 Å². The number of amidine groups is 1. The first-order valence-corrected chi connectivity index (χ1v) is 12.4. The van der Waals surface area contributed by atoms with Gasteiger partial charge in [-0.1, -0.05) is 35.9 Å². The molecular weight excluding hydrogens is 390 g/mol. The lowest BCUT2D eigenvalue weighted by Gasteiger charge is -2.58. The zero-order chi connectivity index (χ0) is 21.3. The van der Waals surface area contributed by atoms with Crippen molar-refractivity contribution in [2.24, 2.45) is 28.2 Å². The number of pyridine rings is 1. The lowest BCUT2D eigenvalue weighted by atomic mass is 9.48. The van der Waals surface area contributed by atoms with Gasteiger partial charge in [0.15, 0.2) is 0 Å². The van der Waals surface area contributed by atoms with E-state index in [4.69, 9.17) is 9.98 Å². The molecule has 162 valence electrons. The summed E-state index contributed by atoms with van der Waals surface area (Å²) < 4.78 is 0. The Kier molecular flexibility index (Phi) is 4.07. The van der Waals surface area contributed by atoms with Gasteiger partial charge in [-0.15, -0.1) is 0 Å². The Morgan fingerprint density at radius 2 is 1.53 bits per heavy atom. The molecule has 8 rings (SSSR count). The van der Waals surface area contributed by atoms with E-state index in [0.717, 1.165) is 35.7 Å². The molecule has 3 nitrogen and oxygen atoms in total. The number of benzene rings is 2. The van der Waals surface area contributed by atoms with Gasteiger partial charge in [-0.2, -0.15) is 0 Å². The van der Waals surface area contributed by atoms with Gasteiger partial charge < -0.3 is 4.90 Å². The van der Waals surface area contributed by atoms with Crippen molar-refractivity contribution in [1.82, 2.24) is 4.98 Å². The highest BCUT2D eigenvalue weighted by molar-refractivity contribution is 6.17. The van der Waals surface area contributed by atoms with Crippen LogP contribution in [0.1, 0.15) is 49.7 Å². The first-order chi connectivity index (χ1) is 15.7. The van der Waals surface area contributed by atoms with E-state index < -0.39 is 0 Å². The molecule has 2 heterocycles. The maximum atomic E-state index is 5.58. The van der Waals surface area contributed by atoms with Crippen LogP contribution in [0, 0.1) is 30.1 Å². The summed E-state index contributed by atoms with van der Waals surface area (Å²) in [6, 6.07) is 20.1. The fourth-order valence-electron chi connectivity index (χ4n) is 7.89. The number of aromatic nitrogens is 1. The summed E-state index contributed by atoms with van der Waals surface area (Å²) >= 11 is 0. The zero-order valence-corrected chi connectivity index (χ0v) is 18.9. The molecule has 4 fully saturated rings. The van der Waals surface area contributed by atoms with Gasteiger partial charge in [0.25, 0.3) is 0 Å². The molecule has 4 aliphatic carbocycles. The molecule has 0 radical (unpaired) electrons. The van der Waals surface area contributed by atoms with E-state index in [-0.39, 0.29) is 0 Å². The minimum Gasteiger partial charge on any atom is -0.324 e. The van der Waals surface area contributed by atoms with Crippen molar-refractivity contribution >= 4 is 22.4 Å². The van der Waals surface area contributed by atoms with Crippen molar-refractivity contribution < 1.29 is 0 Å². The minimum absolute atomic E-state index is 0.395. The number of anilines is 1. The molecule has 4 saturated carbocycles. The highest BCUT2D eigenvalue weighted by atomic mass is 15.3. The smallest absolute Gasteiger partial charge is 0.138 e. The summed E-state index contributed by atoms with van der Waals surface area (Å²) in [5.41, 5.74) is 5.22. The van der Waals surface area contributed by atoms with Gasteiger partial charge in [-0.05, 0) is 92.9 Å². The second kappa shape index (κ2) is 6.91. The maximum absolute atomic E-state index is 5.58. The highest BCUT2D eigenvalue weighted by Gasteiger charge is 2.55. The molecule has 32 heavy (non-hydrogen) atoms. The largest absolute Gasteiger partial charge is 0.324 e. The number of aliphatic imine (C=N–C) groups is 1. The van der Waals surface area contributed by atoms with Crippen LogP contribution in [0.3, 0.4) is 0 Å². The van der Waals surface area contributed by atoms with Crippen LogP contribution in [0.15, 0.2) is 65.8 Å². The molecule has 0 spiro atoms. The van der Waals surface area contributed by atoms with Gasteiger partial charge in [0.1, 0.15) is 5.84 Å². The molecule has 5 aliphatic rings. The highest BCUT2D eigenvalue weighted by Crippen LogP contribution is 2.62. The van der Waals surface area contributed by atoms with Gasteiger partial charge >= 0.3 is 0 Å². The molecule has 1 aromatic heterocycles. The standard InChI is InChI=1S/C29H31N3/c1-19-7-9-24(10-8-19)32-18-26(29-15-20-12-21(16-29)14-22(13-20)17-29)31-28(32)25-6-2-4-23-5-3-11-30-27(23)25/h2-11,20-22,26H,12-18H2,1H3/t20?,21?,22?,26-,29?/m1/s1. The number of hydrogen-bond acceptors (Lipinski definition) is 3. The third kappa shape index (κ3) is 2.86. The number of fused-ring (bicyclic) bond motifs is 1. The van der Waals surface area contributed by atoms with E-state index >= 15 is 0 Å². The molecule has 0 unspecified atom stereocenters. The van der Waals surface area contributed by atoms with Crippen LogP contribution in [0.2, 0.25) is 0 Å². The van der Waals surface area contributed by atoms with E-state index in [1.165, 1.54) is 60.7 Å². The molecule has 3 heteroatoms. The molecule has 4 bridgehead atoms. The number of rotatable bonds is 3. The Morgan fingerprint density at radius 3 is 2.25 bits per heavy atom. The van der Waals surface area contributed by atoms with Crippen LogP contribution < -0.4 is 4.90 Å². The van der Waals surface area contributed by atoms with Crippen molar-refractivity contribution in [1.29, 1.82) is 0 Å². The van der Waals surface area contributed by atoms with Crippen LogP contribution in [-0.2, 0) is 0 Å². The molecule has 0 saturated heterocycles. The van der Waals surface area contributed by atoms with E-state index in [1.54, 1.807) is 0 Å². The van der Waals surface area contributed by atoms with Crippen LogP contribution in [-0.4, -0.2) is 23.4 Å². The van der Waals surface area contributed by atoms with E-state index in [1.807, 2.05) is 12.3 Å². The number of nitrogens with zero attached hydrogens (tertiary/aromatic N) is 3. The van der Waals surface area contributed by atoms with Crippen molar-refractivity contribution in [2.75, 3.05) is 11.4 Å². The number of hydrogen-bond donors (Lipinski definition) is 0. The summed E-state index contributed by atoms with van der Waals surface area (Å²) in [5.74, 6) is 3.98. The molecular formula is C29H31N3. The van der Waals surface area contributed by atoms with Crippen molar-refractivity contribution in [3.63, 3.8) is 0 Å². The fraction of sp³-hybridized carbons (Fsp3) is 0.448. The summed E-state index contributed by atoms with van der Waals surface area (Å²) in [5, 5.41) is 1.19. The van der Waals surface area contributed by atoms with Gasteiger partial charge in [0.05, 0.1) is 11.6 Å². The van der Waals surface area contributed by atoms with Crippen molar-refractivity contribution in [2.45, 2.75) is 51.5 Å². The maximum Gasteiger partial charge on any atom is 0.138 e. The second-order valence-electron chi connectivity index (χ2n) is 11.1. The van der Waals surface area contributed by atoms with Gasteiger partial charge in [0, 0.05) is 29.4 Å². The van der Waals surface area contributed by atoms with E-state index in [9.17, 15) is 0 Å². The average molecular weight is 422 g/mol. The molecule has 1 atom stereocenters. The first-order valence-electron chi connectivity index (χ1n) is 12.4. The quantitative estimate of drug-likeness (QED) is 0.490. The summed E-state index contributed by atoms with van der Waals surface area (Å²) in [4.78, 5) is 12.9. The summed E-state index contributed by atoms with van der Waals surface area (Å²) in [6.07, 6.45) is 10.6. The number of para-hydroxylation sites is 1. The minimum atomic E-state index is 0.395. The lowest BCUT2D eigenvalue weighted by molar-refractivity contribution is -0.0635. The SMILES string of the molecule is Cc1ccc(N2C[C@H](C34CC5CC(CC(C5)C3)C4)N=C2c2cccc3cccnc23)cc1. The Balaban J connectivity index is 1.35. The summed E-state index contributed by atoms with van der Waals surface area (Å²) in [6.45, 7) is 3.17. The summed E-state index contributed by atoms with van der Waals surface area (Å²) in [7, 11) is 0. The molecule has 0 amide bonds. The van der Waals surface area contributed by atoms with Crippen LogP contribution in [0.4, 0.5) is 5.69 Å². The Hall–Kier alpha value is -2.68. The zero-order valence-electron chi connectivity index (χ0n) is 18.9. The number of aryl methyl sites for hydroxylation is 1. The van der Waals surface area contributed by atoms with Crippen LogP contribution in [0.25, 0.3) is 10.9 Å². The normalized spacial score (nSPS) is 33.2. The monoisotopic (exact) mass is 421 g/mol. The van der Waals surface area contributed by atoms with Crippen molar-refractivity contribution in [3.8, 4) is 0 Å². The molecule has 1 aliphatic heterocycles. The predicted octanol–water partition coefficient (Wildman–Crippen LogP) is 6.40. The molecule has 2 aromatic carbocycles. The fourth-order valence-corrected chi connectivity index (χ4v) is 7.89. The van der Waals surface area contributed by atoms with Crippen molar-refractivity contribution in [3.05, 3.63) is 71.9 Å². The Bertz CT molecular complexity index is 1170. The van der Waals surface area contributed by atoms with Crippen LogP contribution >= 0.6 is 0 Å². The van der Waals surface area contributed by atoms with Crippen LogP contribution in [0.5, 0.6) is 0 Å². The van der Waals surface area contributed by atoms with E-state index in [2.05, 4.69) is 60.4 Å². The average Bonchev–Trinajstić information content (AvgIpc) is 3.24. The van der Waals surface area contributed by atoms with E-state index in [0.29, 0.717) is 11.5 Å². The second-order valence-corrected chi connectivity index (χ2v) is 11.1. The van der Waals surface area contributed by atoms with Gasteiger partial charge in [-0.25, -0.2) is 0 Å². The predicted molar refractivity (Wildman–Crippen MR) is 131 cm³/mol. The van der Waals surface area contributed by atoms with Gasteiger partial charge in [0.2, 0.25) is 0 Å².